The molecule has 30 heavy (non-hydrogen) atoms. The van der Waals surface area contributed by atoms with E-state index in [4.69, 9.17) is 4.74 Å². The van der Waals surface area contributed by atoms with Crippen LogP contribution in [0.4, 0.5) is 17.3 Å². The van der Waals surface area contributed by atoms with E-state index < -0.39 is 0 Å². The van der Waals surface area contributed by atoms with Crippen molar-refractivity contribution in [3.8, 4) is 5.88 Å². The molecule has 0 unspecified atom stereocenters. The van der Waals surface area contributed by atoms with Crippen LogP contribution in [0, 0.1) is 6.92 Å². The Morgan fingerprint density at radius 2 is 1.63 bits per heavy atom. The van der Waals surface area contributed by atoms with Crippen molar-refractivity contribution < 1.29 is 9.53 Å². The summed E-state index contributed by atoms with van der Waals surface area (Å²) in [6.45, 7) is 5.23. The summed E-state index contributed by atoms with van der Waals surface area (Å²) in [6, 6.07) is 11.4. The molecular formula is C22H24N6O2. The van der Waals surface area contributed by atoms with Crippen molar-refractivity contribution in [2.24, 2.45) is 0 Å². The summed E-state index contributed by atoms with van der Waals surface area (Å²) < 4.78 is 5.16. The van der Waals surface area contributed by atoms with Crippen molar-refractivity contribution in [2.45, 2.75) is 6.92 Å². The fraction of sp³-hybridized carbons (Fsp3) is 0.273. The first-order valence-electron chi connectivity index (χ1n) is 9.82. The maximum absolute atomic E-state index is 12.4. The number of aryl methyl sites for hydroxylation is 1. The van der Waals surface area contributed by atoms with E-state index >= 15 is 0 Å². The van der Waals surface area contributed by atoms with Gasteiger partial charge >= 0.3 is 0 Å². The number of carbonyl (C=O) groups is 1. The SMILES string of the molecule is COc1cncc(N2CCN(c3ccc(C(=O)Nc4ccc(C)cc4)cn3)CC2)n1. The van der Waals surface area contributed by atoms with Gasteiger partial charge in [0.25, 0.3) is 5.91 Å². The van der Waals surface area contributed by atoms with E-state index in [9.17, 15) is 4.79 Å². The Balaban J connectivity index is 1.35. The number of benzene rings is 1. The van der Waals surface area contributed by atoms with Gasteiger partial charge < -0.3 is 19.9 Å². The minimum Gasteiger partial charge on any atom is -0.480 e. The summed E-state index contributed by atoms with van der Waals surface area (Å²) >= 11 is 0. The third-order valence-corrected chi connectivity index (χ3v) is 5.06. The highest BCUT2D eigenvalue weighted by atomic mass is 16.5. The molecule has 3 aromatic rings. The van der Waals surface area contributed by atoms with Gasteiger partial charge in [-0.3, -0.25) is 9.78 Å². The second-order valence-corrected chi connectivity index (χ2v) is 7.12. The van der Waals surface area contributed by atoms with Crippen LogP contribution >= 0.6 is 0 Å². The number of anilines is 3. The third-order valence-electron chi connectivity index (χ3n) is 5.06. The number of hydrogen-bond acceptors (Lipinski definition) is 7. The normalized spacial score (nSPS) is 13.8. The zero-order chi connectivity index (χ0) is 20.9. The van der Waals surface area contributed by atoms with Gasteiger partial charge in [0.05, 0.1) is 25.1 Å². The van der Waals surface area contributed by atoms with Crippen LogP contribution in [0.5, 0.6) is 5.88 Å². The molecule has 154 valence electrons. The first kappa shape index (κ1) is 19.6. The van der Waals surface area contributed by atoms with E-state index in [0.717, 1.165) is 49.1 Å². The molecule has 1 fully saturated rings. The lowest BCUT2D eigenvalue weighted by atomic mass is 10.2. The summed E-state index contributed by atoms with van der Waals surface area (Å²) in [7, 11) is 1.59. The standard InChI is InChI=1S/C22H24N6O2/c1-16-3-6-18(7-4-16)25-22(29)17-5-8-19(24-13-17)27-9-11-28(12-10-27)20-14-23-15-21(26-20)30-2/h3-8,13-15H,9-12H2,1-2H3,(H,25,29). The molecule has 1 N–H and O–H groups in total. The Morgan fingerprint density at radius 1 is 0.933 bits per heavy atom. The maximum Gasteiger partial charge on any atom is 0.257 e. The lowest BCUT2D eigenvalue weighted by Gasteiger charge is -2.35. The zero-order valence-corrected chi connectivity index (χ0v) is 17.1. The molecule has 1 aliphatic rings. The van der Waals surface area contributed by atoms with Crippen LogP contribution in [0.15, 0.2) is 55.0 Å². The average molecular weight is 404 g/mol. The Labute approximate surface area is 175 Å². The number of pyridine rings is 1. The Kier molecular flexibility index (Phi) is 5.74. The van der Waals surface area contributed by atoms with E-state index in [1.165, 1.54) is 0 Å². The van der Waals surface area contributed by atoms with E-state index in [2.05, 4.69) is 30.1 Å². The lowest BCUT2D eigenvalue weighted by molar-refractivity contribution is 0.102. The Bertz CT molecular complexity index is 999. The van der Waals surface area contributed by atoms with Crippen LogP contribution in [0.25, 0.3) is 0 Å². The number of rotatable bonds is 5. The number of carbonyl (C=O) groups excluding carboxylic acids is 1. The van der Waals surface area contributed by atoms with Gasteiger partial charge in [0.1, 0.15) is 5.82 Å². The summed E-state index contributed by atoms with van der Waals surface area (Å²) in [5.41, 5.74) is 2.45. The van der Waals surface area contributed by atoms with Crippen LogP contribution < -0.4 is 19.9 Å². The number of aromatic nitrogens is 3. The molecular weight excluding hydrogens is 380 g/mol. The Hall–Kier alpha value is -3.68. The van der Waals surface area contributed by atoms with Crippen LogP contribution in [0.3, 0.4) is 0 Å². The van der Waals surface area contributed by atoms with Crippen LogP contribution in [0.1, 0.15) is 15.9 Å². The topological polar surface area (TPSA) is 83.5 Å². The number of piperazine rings is 1. The molecule has 1 saturated heterocycles. The van der Waals surface area contributed by atoms with Gasteiger partial charge in [-0.05, 0) is 31.2 Å². The molecule has 0 atom stereocenters. The van der Waals surface area contributed by atoms with Crippen molar-refractivity contribution in [2.75, 3.05) is 48.4 Å². The van der Waals surface area contributed by atoms with Gasteiger partial charge in [0, 0.05) is 38.1 Å². The van der Waals surface area contributed by atoms with Crippen molar-refractivity contribution in [1.82, 2.24) is 15.0 Å². The second kappa shape index (κ2) is 8.77. The Morgan fingerprint density at radius 3 is 2.27 bits per heavy atom. The van der Waals surface area contributed by atoms with Gasteiger partial charge in [0.15, 0.2) is 5.82 Å². The maximum atomic E-state index is 12.4. The predicted octanol–water partition coefficient (Wildman–Crippen LogP) is 2.77. The highest BCUT2D eigenvalue weighted by Crippen LogP contribution is 2.19. The summed E-state index contributed by atoms with van der Waals surface area (Å²) in [6.07, 6.45) is 4.97. The highest BCUT2D eigenvalue weighted by molar-refractivity contribution is 6.04. The number of nitrogens with one attached hydrogen (secondary N) is 1. The van der Waals surface area contributed by atoms with Gasteiger partial charge in [-0.1, -0.05) is 17.7 Å². The summed E-state index contributed by atoms with van der Waals surface area (Å²) in [4.78, 5) is 29.9. The van der Waals surface area contributed by atoms with Crippen molar-refractivity contribution in [1.29, 1.82) is 0 Å². The number of nitrogens with zero attached hydrogens (tertiary/aromatic N) is 5. The quantitative estimate of drug-likeness (QED) is 0.700. The number of methoxy groups -OCH3 is 1. The molecule has 0 bridgehead atoms. The van der Waals surface area contributed by atoms with Gasteiger partial charge in [-0.2, -0.15) is 4.98 Å². The molecule has 0 saturated carbocycles. The fourth-order valence-electron chi connectivity index (χ4n) is 3.30. The minimum atomic E-state index is -0.167. The van der Waals surface area contributed by atoms with Crippen molar-refractivity contribution >= 4 is 23.2 Å². The van der Waals surface area contributed by atoms with Crippen LogP contribution in [-0.4, -0.2) is 54.1 Å². The molecule has 1 aromatic carbocycles. The van der Waals surface area contributed by atoms with Gasteiger partial charge in [-0.15, -0.1) is 0 Å². The molecule has 1 amide bonds. The number of hydrogen-bond donors (Lipinski definition) is 1. The first-order chi connectivity index (χ1) is 14.6. The molecule has 8 heteroatoms. The molecule has 8 nitrogen and oxygen atoms in total. The van der Waals surface area contributed by atoms with Crippen LogP contribution in [0.2, 0.25) is 0 Å². The van der Waals surface area contributed by atoms with E-state index in [1.807, 2.05) is 43.3 Å². The lowest BCUT2D eigenvalue weighted by Crippen LogP contribution is -2.47. The van der Waals surface area contributed by atoms with E-state index in [-0.39, 0.29) is 5.91 Å². The minimum absolute atomic E-state index is 0.167. The largest absolute Gasteiger partial charge is 0.480 e. The third kappa shape index (κ3) is 4.48. The smallest absolute Gasteiger partial charge is 0.257 e. The van der Waals surface area contributed by atoms with E-state index in [1.54, 1.807) is 25.7 Å². The molecule has 0 spiro atoms. The second-order valence-electron chi connectivity index (χ2n) is 7.12. The molecule has 0 radical (unpaired) electrons. The number of ether oxygens (including phenoxy) is 1. The summed E-state index contributed by atoms with van der Waals surface area (Å²) in [5.74, 6) is 2.01. The molecule has 3 heterocycles. The van der Waals surface area contributed by atoms with Gasteiger partial charge in [0.2, 0.25) is 5.88 Å². The number of amides is 1. The van der Waals surface area contributed by atoms with Crippen molar-refractivity contribution in [3.63, 3.8) is 0 Å². The zero-order valence-electron chi connectivity index (χ0n) is 17.1. The van der Waals surface area contributed by atoms with Crippen molar-refractivity contribution in [3.05, 3.63) is 66.1 Å². The highest BCUT2D eigenvalue weighted by Gasteiger charge is 2.20. The summed E-state index contributed by atoms with van der Waals surface area (Å²) in [5, 5.41) is 2.90. The first-order valence-corrected chi connectivity index (χ1v) is 9.82. The predicted molar refractivity (Wildman–Crippen MR) is 116 cm³/mol. The molecule has 2 aromatic heterocycles. The monoisotopic (exact) mass is 404 g/mol. The molecule has 0 aliphatic carbocycles. The average Bonchev–Trinajstić information content (AvgIpc) is 2.81. The molecule has 1 aliphatic heterocycles. The molecule has 4 rings (SSSR count). The van der Waals surface area contributed by atoms with Crippen LogP contribution in [-0.2, 0) is 0 Å². The fourth-order valence-corrected chi connectivity index (χ4v) is 3.30. The van der Waals surface area contributed by atoms with E-state index in [0.29, 0.717) is 11.4 Å². The van der Waals surface area contributed by atoms with Gasteiger partial charge in [-0.25, -0.2) is 4.98 Å².